The van der Waals surface area contributed by atoms with E-state index in [0.717, 1.165) is 10.0 Å². The minimum Gasteiger partial charge on any atom is -0.490 e. The molecule has 0 saturated heterocycles. The van der Waals surface area contributed by atoms with E-state index in [1.54, 1.807) is 31.3 Å². The van der Waals surface area contributed by atoms with Gasteiger partial charge in [0, 0.05) is 15.7 Å². The predicted molar refractivity (Wildman–Crippen MR) is 149 cm³/mol. The second-order valence-electron chi connectivity index (χ2n) is 8.76. The first-order valence-corrected chi connectivity index (χ1v) is 13.1. The maximum atomic E-state index is 12.4. The minimum absolute atomic E-state index is 0.00523. The lowest BCUT2D eigenvalue weighted by Gasteiger charge is -2.28. The van der Waals surface area contributed by atoms with Crippen LogP contribution in [0.15, 0.2) is 57.2 Å². The lowest BCUT2D eigenvalue weighted by atomic mass is 9.95. The number of ether oxygens (including phenoxy) is 4. The van der Waals surface area contributed by atoms with Crippen molar-refractivity contribution in [3.05, 3.63) is 63.3 Å². The number of aliphatic hydroxyl groups excluding tert-OH is 1. The van der Waals surface area contributed by atoms with Crippen LogP contribution in [0.1, 0.15) is 44.9 Å². The Kier molecular flexibility index (Phi) is 10.6. The van der Waals surface area contributed by atoms with Crippen molar-refractivity contribution in [3.8, 4) is 17.2 Å². The molecule has 0 fully saturated rings. The molecule has 0 aliphatic carbocycles. The van der Waals surface area contributed by atoms with E-state index in [0.29, 0.717) is 35.1 Å². The van der Waals surface area contributed by atoms with E-state index < -0.39 is 24.3 Å². The van der Waals surface area contributed by atoms with Gasteiger partial charge in [0.2, 0.25) is 0 Å². The normalized spacial score (nSPS) is 16.0. The summed E-state index contributed by atoms with van der Waals surface area (Å²) in [5.74, 6) is 0.843. The summed E-state index contributed by atoms with van der Waals surface area (Å²) in [4.78, 5) is 24.5. The van der Waals surface area contributed by atoms with E-state index in [2.05, 4.69) is 37.1 Å². The van der Waals surface area contributed by atoms with Gasteiger partial charge >= 0.3 is 12.0 Å². The molecule has 4 N–H and O–H groups in total. The summed E-state index contributed by atoms with van der Waals surface area (Å²) in [5.41, 5.74) is 4.62. The predicted octanol–water partition coefficient (Wildman–Crippen LogP) is 3.76. The van der Waals surface area contributed by atoms with Crippen LogP contribution in [-0.2, 0) is 9.53 Å². The van der Waals surface area contributed by atoms with Crippen molar-refractivity contribution in [2.75, 3.05) is 20.3 Å². The van der Waals surface area contributed by atoms with Gasteiger partial charge in [-0.3, -0.25) is 5.43 Å². The molecule has 0 spiro atoms. The molecule has 2 amide bonds. The molecule has 0 aromatic heterocycles. The number of rotatable bonds is 12. The van der Waals surface area contributed by atoms with Crippen LogP contribution in [0, 0.1) is 0 Å². The maximum Gasteiger partial charge on any atom is 0.337 e. The number of nitrogens with one attached hydrogen (secondary N) is 3. The number of allylic oxidation sites excluding steroid dienone is 1. The average Bonchev–Trinajstić information content (AvgIpc) is 2.88. The van der Waals surface area contributed by atoms with Crippen LogP contribution in [0.5, 0.6) is 17.2 Å². The van der Waals surface area contributed by atoms with Gasteiger partial charge in [-0.25, -0.2) is 9.59 Å². The van der Waals surface area contributed by atoms with Gasteiger partial charge < -0.3 is 34.7 Å². The monoisotopic (exact) mass is 604 g/mol. The Morgan fingerprint density at radius 3 is 2.62 bits per heavy atom. The number of benzene rings is 2. The van der Waals surface area contributed by atoms with E-state index in [9.17, 15) is 14.7 Å². The van der Waals surface area contributed by atoms with Crippen molar-refractivity contribution in [1.82, 2.24) is 16.1 Å². The molecule has 0 saturated carbocycles. The van der Waals surface area contributed by atoms with E-state index in [-0.39, 0.29) is 18.3 Å². The zero-order valence-corrected chi connectivity index (χ0v) is 24.0. The third kappa shape index (κ3) is 8.11. The molecule has 0 unspecified atom stereocenters. The summed E-state index contributed by atoms with van der Waals surface area (Å²) in [6, 6.07) is 9.40. The fourth-order valence-electron chi connectivity index (χ4n) is 3.80. The number of esters is 1. The number of nitrogens with zero attached hydrogens (tertiary/aromatic N) is 1. The summed E-state index contributed by atoms with van der Waals surface area (Å²) in [6.07, 6.45) is 0.417. The van der Waals surface area contributed by atoms with Gasteiger partial charge in [0.25, 0.3) is 0 Å². The zero-order chi connectivity index (χ0) is 28.5. The number of urea groups is 1. The highest BCUT2D eigenvalue weighted by molar-refractivity contribution is 9.10. The lowest BCUT2D eigenvalue weighted by Crippen LogP contribution is -2.45. The molecule has 1 aliphatic heterocycles. The van der Waals surface area contributed by atoms with Crippen LogP contribution < -0.4 is 30.3 Å². The van der Waals surface area contributed by atoms with Crippen LogP contribution in [0.25, 0.3) is 0 Å². The average molecular weight is 605 g/mol. The first-order chi connectivity index (χ1) is 18.6. The molecule has 2 aromatic rings. The number of halogens is 1. The molecule has 11 nitrogen and oxygen atoms in total. The summed E-state index contributed by atoms with van der Waals surface area (Å²) in [6.45, 7) is 7.52. The molecule has 3 rings (SSSR count). The smallest absolute Gasteiger partial charge is 0.337 e. The van der Waals surface area contributed by atoms with Gasteiger partial charge in [-0.2, -0.15) is 5.10 Å². The van der Waals surface area contributed by atoms with Crippen LogP contribution in [0.3, 0.4) is 0 Å². The minimum atomic E-state index is -1.13. The van der Waals surface area contributed by atoms with Crippen LogP contribution in [-0.4, -0.2) is 56.0 Å². The SMILES string of the molecule is CCOc1cc([C@H]2NC(=O)NC(C)=C2C(=O)OC)ccc1OC[C@H](O)N/N=C/c1cc(Br)ccc1OC(C)C. The quantitative estimate of drug-likeness (QED) is 0.124. The number of methoxy groups -OCH3 is 1. The third-order valence-electron chi connectivity index (χ3n) is 5.43. The summed E-state index contributed by atoms with van der Waals surface area (Å²) < 4.78 is 23.1. The van der Waals surface area contributed by atoms with Crippen LogP contribution in [0.4, 0.5) is 4.79 Å². The number of aliphatic hydroxyl groups is 1. The molecule has 210 valence electrons. The molecule has 0 bridgehead atoms. The molecule has 12 heteroatoms. The molecule has 39 heavy (non-hydrogen) atoms. The summed E-state index contributed by atoms with van der Waals surface area (Å²) >= 11 is 3.44. The maximum absolute atomic E-state index is 12.4. The van der Waals surface area contributed by atoms with Gasteiger partial charge in [-0.15, -0.1) is 0 Å². The van der Waals surface area contributed by atoms with Crippen molar-refractivity contribution in [2.45, 2.75) is 46.1 Å². The molecule has 1 heterocycles. The molecular weight excluding hydrogens is 572 g/mol. The Balaban J connectivity index is 1.71. The number of carbonyl (C=O) groups excluding carboxylic acids is 2. The highest BCUT2D eigenvalue weighted by Crippen LogP contribution is 2.35. The number of hydrogen-bond acceptors (Lipinski definition) is 9. The molecule has 2 atom stereocenters. The third-order valence-corrected chi connectivity index (χ3v) is 5.93. The Hall–Kier alpha value is -3.77. The first kappa shape index (κ1) is 29.8. The van der Waals surface area contributed by atoms with Crippen molar-refractivity contribution < 1.29 is 33.6 Å². The molecule has 0 radical (unpaired) electrons. The lowest BCUT2D eigenvalue weighted by molar-refractivity contribution is -0.136. The number of hydrazone groups is 1. The van der Waals surface area contributed by atoms with Gasteiger partial charge in [0.05, 0.1) is 37.7 Å². The summed E-state index contributed by atoms with van der Waals surface area (Å²) in [7, 11) is 1.28. The van der Waals surface area contributed by atoms with Crippen molar-refractivity contribution in [1.29, 1.82) is 0 Å². The van der Waals surface area contributed by atoms with Crippen molar-refractivity contribution in [2.24, 2.45) is 5.10 Å². The largest absolute Gasteiger partial charge is 0.490 e. The van der Waals surface area contributed by atoms with Gasteiger partial charge in [0.1, 0.15) is 12.4 Å². The fourth-order valence-corrected chi connectivity index (χ4v) is 4.18. The zero-order valence-electron chi connectivity index (χ0n) is 22.4. The Labute approximate surface area is 235 Å². The standard InChI is InChI=1S/C27H33BrN4O7/c1-6-37-22-12-17(25-24(26(34)36-5)16(4)30-27(35)31-25)7-9-21(22)38-14-23(33)32-29-13-18-11-19(28)8-10-20(18)39-15(2)3/h7-13,15,23,25,32-33H,6,14H2,1-5H3,(H2,30,31,35)/b29-13+/t23-,25+/m0/s1. The Morgan fingerprint density at radius 1 is 1.18 bits per heavy atom. The topological polar surface area (TPSA) is 140 Å². The Morgan fingerprint density at radius 2 is 1.92 bits per heavy atom. The van der Waals surface area contributed by atoms with Gasteiger partial charge in [0.15, 0.2) is 17.7 Å². The first-order valence-electron chi connectivity index (χ1n) is 12.3. The molecular formula is C27H33BrN4O7. The second-order valence-corrected chi connectivity index (χ2v) is 9.68. The number of hydrogen-bond donors (Lipinski definition) is 4. The van der Waals surface area contributed by atoms with Crippen molar-refractivity contribution in [3.63, 3.8) is 0 Å². The van der Waals surface area contributed by atoms with E-state index >= 15 is 0 Å². The van der Waals surface area contributed by atoms with Crippen LogP contribution in [0.2, 0.25) is 0 Å². The van der Waals surface area contributed by atoms with Gasteiger partial charge in [-0.05, 0) is 63.6 Å². The summed E-state index contributed by atoms with van der Waals surface area (Å²) in [5, 5.41) is 19.8. The highest BCUT2D eigenvalue weighted by Gasteiger charge is 2.32. The van der Waals surface area contributed by atoms with Crippen molar-refractivity contribution >= 4 is 34.1 Å². The van der Waals surface area contributed by atoms with E-state index in [4.69, 9.17) is 18.9 Å². The number of carbonyl (C=O) groups is 2. The highest BCUT2D eigenvalue weighted by atomic mass is 79.9. The number of amides is 2. The van der Waals surface area contributed by atoms with Gasteiger partial charge in [-0.1, -0.05) is 22.0 Å². The molecule has 2 aromatic carbocycles. The van der Waals surface area contributed by atoms with Crippen LogP contribution >= 0.6 is 15.9 Å². The van der Waals surface area contributed by atoms with E-state index in [1.807, 2.05) is 39.0 Å². The van der Waals surface area contributed by atoms with E-state index in [1.165, 1.54) is 7.11 Å². The molecule has 1 aliphatic rings. The fraction of sp³-hybridized carbons (Fsp3) is 0.370. The Bertz CT molecular complexity index is 1250. The second kappa shape index (κ2) is 13.9.